The summed E-state index contributed by atoms with van der Waals surface area (Å²) in [5, 5.41) is -0.0972. The molecular weight excluding hydrogens is 238 g/mol. The lowest BCUT2D eigenvalue weighted by Crippen LogP contribution is -2.24. The Balaban J connectivity index is 2.03. The number of nitrogens with zero attached hydrogens (tertiary/aromatic N) is 3. The van der Waals surface area contributed by atoms with Gasteiger partial charge >= 0.3 is 0 Å². The maximum Gasteiger partial charge on any atom is 0.228 e. The summed E-state index contributed by atoms with van der Waals surface area (Å²) >= 11 is 5.98. The summed E-state index contributed by atoms with van der Waals surface area (Å²) in [7, 11) is 0. The highest BCUT2D eigenvalue weighted by Crippen LogP contribution is 2.26. The minimum absolute atomic E-state index is 0.0632. The first-order valence-corrected chi connectivity index (χ1v) is 5.83. The van der Waals surface area contributed by atoms with Crippen molar-refractivity contribution in [2.24, 2.45) is 0 Å². The molecule has 1 atom stereocenters. The minimum atomic E-state index is -0.0972. The van der Waals surface area contributed by atoms with Crippen LogP contribution in [0.1, 0.15) is 6.42 Å². The molecule has 86 valence electrons. The highest BCUT2D eigenvalue weighted by molar-refractivity contribution is 6.24. The smallest absolute Gasteiger partial charge is 0.228 e. The fourth-order valence-electron chi connectivity index (χ4n) is 2.03. The largest absolute Gasteiger partial charge is 0.311 e. The van der Waals surface area contributed by atoms with E-state index < -0.39 is 0 Å². The van der Waals surface area contributed by atoms with E-state index in [-0.39, 0.29) is 11.3 Å². The molecule has 2 aromatic rings. The van der Waals surface area contributed by atoms with E-state index in [1.807, 2.05) is 18.2 Å². The van der Waals surface area contributed by atoms with Gasteiger partial charge in [-0.1, -0.05) is 0 Å². The number of hydrogen-bond acceptors (Lipinski definition) is 3. The van der Waals surface area contributed by atoms with Crippen LogP contribution in [0.2, 0.25) is 0 Å². The van der Waals surface area contributed by atoms with Gasteiger partial charge in [0.05, 0.1) is 16.4 Å². The molecule has 1 aromatic carbocycles. The molecule has 0 N–H and O–H groups in total. The third kappa shape index (κ3) is 1.85. The monoisotopic (exact) mass is 247 g/mol. The van der Waals surface area contributed by atoms with Crippen LogP contribution in [0.4, 0.5) is 5.69 Å². The molecule has 5 heteroatoms. The van der Waals surface area contributed by atoms with Crippen LogP contribution in [0.25, 0.3) is 11.0 Å². The lowest BCUT2D eigenvalue weighted by atomic mass is 10.2. The molecule has 1 unspecified atom stereocenters. The predicted octanol–water partition coefficient (Wildman–Crippen LogP) is 1.97. The van der Waals surface area contributed by atoms with Gasteiger partial charge in [0.15, 0.2) is 0 Å². The maximum absolute atomic E-state index is 11.7. The Hall–Kier alpha value is -1.68. The van der Waals surface area contributed by atoms with E-state index in [0.717, 1.165) is 16.7 Å². The van der Waals surface area contributed by atoms with Crippen molar-refractivity contribution in [2.45, 2.75) is 11.8 Å². The van der Waals surface area contributed by atoms with Gasteiger partial charge in [0.25, 0.3) is 0 Å². The number of carbonyl (C=O) groups is 1. The number of hydrogen-bond donors (Lipinski definition) is 0. The van der Waals surface area contributed by atoms with E-state index >= 15 is 0 Å². The lowest BCUT2D eigenvalue weighted by molar-refractivity contribution is -0.117. The van der Waals surface area contributed by atoms with Crippen molar-refractivity contribution in [3.8, 4) is 0 Å². The number of benzene rings is 1. The first kappa shape index (κ1) is 10.5. The van der Waals surface area contributed by atoms with Crippen molar-refractivity contribution in [3.63, 3.8) is 0 Å². The van der Waals surface area contributed by atoms with Gasteiger partial charge in [0.2, 0.25) is 5.91 Å². The van der Waals surface area contributed by atoms with Gasteiger partial charge in [0.1, 0.15) is 0 Å². The highest BCUT2D eigenvalue weighted by atomic mass is 35.5. The van der Waals surface area contributed by atoms with Gasteiger partial charge in [0, 0.05) is 31.0 Å². The van der Waals surface area contributed by atoms with Crippen molar-refractivity contribution in [3.05, 3.63) is 30.6 Å². The van der Waals surface area contributed by atoms with Crippen LogP contribution in [0, 0.1) is 0 Å². The van der Waals surface area contributed by atoms with E-state index in [4.69, 9.17) is 11.6 Å². The van der Waals surface area contributed by atoms with E-state index in [1.165, 1.54) is 0 Å². The summed E-state index contributed by atoms with van der Waals surface area (Å²) in [6.45, 7) is 0.562. The Labute approximate surface area is 103 Å². The molecule has 0 aliphatic carbocycles. The molecule has 1 aliphatic heterocycles. The second-order valence-electron chi connectivity index (χ2n) is 4.04. The second kappa shape index (κ2) is 3.96. The molecule has 1 saturated heterocycles. The van der Waals surface area contributed by atoms with Crippen molar-refractivity contribution >= 4 is 34.2 Å². The highest BCUT2D eigenvalue weighted by Gasteiger charge is 2.29. The molecular formula is C12H10ClN3O. The SMILES string of the molecule is O=C1CC(Cl)CN1c1ccc2nccnc2c1. The third-order valence-electron chi connectivity index (χ3n) is 2.84. The summed E-state index contributed by atoms with van der Waals surface area (Å²) in [5.41, 5.74) is 2.45. The van der Waals surface area contributed by atoms with Crippen LogP contribution < -0.4 is 4.90 Å². The van der Waals surface area contributed by atoms with Crippen molar-refractivity contribution in [1.82, 2.24) is 9.97 Å². The van der Waals surface area contributed by atoms with Gasteiger partial charge in [-0.3, -0.25) is 14.8 Å². The molecule has 1 aliphatic rings. The fraction of sp³-hybridized carbons (Fsp3) is 0.250. The minimum Gasteiger partial charge on any atom is -0.311 e. The number of halogens is 1. The normalized spacial score (nSPS) is 20.2. The Bertz CT molecular complexity index is 587. The van der Waals surface area contributed by atoms with Gasteiger partial charge in [-0.2, -0.15) is 0 Å². The molecule has 0 bridgehead atoms. The predicted molar refractivity (Wildman–Crippen MR) is 66.1 cm³/mol. The van der Waals surface area contributed by atoms with Crippen LogP contribution in [-0.4, -0.2) is 27.8 Å². The molecule has 0 saturated carbocycles. The molecule has 3 rings (SSSR count). The summed E-state index contributed by atoms with van der Waals surface area (Å²) in [6.07, 6.45) is 3.69. The lowest BCUT2D eigenvalue weighted by Gasteiger charge is -2.15. The third-order valence-corrected chi connectivity index (χ3v) is 3.13. The van der Waals surface area contributed by atoms with Gasteiger partial charge in [-0.25, -0.2) is 0 Å². The van der Waals surface area contributed by atoms with E-state index in [1.54, 1.807) is 17.3 Å². The van der Waals surface area contributed by atoms with Gasteiger partial charge < -0.3 is 4.90 Å². The molecule has 17 heavy (non-hydrogen) atoms. The molecule has 0 spiro atoms. The van der Waals surface area contributed by atoms with Crippen LogP contribution in [-0.2, 0) is 4.79 Å². The number of rotatable bonds is 1. The molecule has 4 nitrogen and oxygen atoms in total. The number of alkyl halides is 1. The van der Waals surface area contributed by atoms with Crippen molar-refractivity contribution in [2.75, 3.05) is 11.4 Å². The molecule has 1 amide bonds. The van der Waals surface area contributed by atoms with Crippen LogP contribution in [0.5, 0.6) is 0 Å². The van der Waals surface area contributed by atoms with E-state index in [2.05, 4.69) is 9.97 Å². The molecule has 1 aromatic heterocycles. The topological polar surface area (TPSA) is 46.1 Å². The first-order chi connectivity index (χ1) is 8.24. The number of amides is 1. The van der Waals surface area contributed by atoms with E-state index in [0.29, 0.717) is 13.0 Å². The van der Waals surface area contributed by atoms with Crippen LogP contribution in [0.3, 0.4) is 0 Å². The summed E-state index contributed by atoms with van der Waals surface area (Å²) in [4.78, 5) is 21.8. The fourth-order valence-corrected chi connectivity index (χ4v) is 2.30. The standard InChI is InChI=1S/C12H10ClN3O/c13-8-5-12(17)16(7-8)9-1-2-10-11(6-9)15-4-3-14-10/h1-4,6,8H,5,7H2. The van der Waals surface area contributed by atoms with E-state index in [9.17, 15) is 4.79 Å². The Morgan fingerprint density at radius 2 is 2.00 bits per heavy atom. The first-order valence-electron chi connectivity index (χ1n) is 5.39. The Morgan fingerprint density at radius 1 is 1.24 bits per heavy atom. The summed E-state index contributed by atoms with van der Waals surface area (Å²) < 4.78 is 0. The van der Waals surface area contributed by atoms with Gasteiger partial charge in [-0.05, 0) is 18.2 Å². The number of anilines is 1. The number of aromatic nitrogens is 2. The molecule has 0 radical (unpaired) electrons. The zero-order valence-corrected chi connectivity index (χ0v) is 9.76. The Kier molecular flexibility index (Phi) is 2.44. The molecule has 2 heterocycles. The number of carbonyl (C=O) groups excluding carboxylic acids is 1. The van der Waals surface area contributed by atoms with Gasteiger partial charge in [-0.15, -0.1) is 11.6 Å². The average Bonchev–Trinajstić information content (AvgIpc) is 2.68. The number of fused-ring (bicyclic) bond motifs is 1. The van der Waals surface area contributed by atoms with Crippen LogP contribution in [0.15, 0.2) is 30.6 Å². The van der Waals surface area contributed by atoms with Crippen LogP contribution >= 0.6 is 11.6 Å². The average molecular weight is 248 g/mol. The maximum atomic E-state index is 11.7. The second-order valence-corrected chi connectivity index (χ2v) is 4.65. The Morgan fingerprint density at radius 3 is 2.71 bits per heavy atom. The molecule has 1 fully saturated rings. The summed E-state index contributed by atoms with van der Waals surface area (Å²) in [5.74, 6) is 0.0632. The quantitative estimate of drug-likeness (QED) is 0.724. The zero-order chi connectivity index (χ0) is 11.8. The zero-order valence-electron chi connectivity index (χ0n) is 9.01. The summed E-state index contributed by atoms with van der Waals surface area (Å²) in [6, 6.07) is 5.62. The van der Waals surface area contributed by atoms with Crippen molar-refractivity contribution in [1.29, 1.82) is 0 Å². The van der Waals surface area contributed by atoms with Crippen molar-refractivity contribution < 1.29 is 4.79 Å².